The summed E-state index contributed by atoms with van der Waals surface area (Å²) in [5.41, 5.74) is 0.869. The number of carbonyl (C=O) groups excluding carboxylic acids is 1. The van der Waals surface area contributed by atoms with Gasteiger partial charge in [0.15, 0.2) is 6.61 Å². The number of carbonyl (C=O) groups is 2. The fourth-order valence-corrected chi connectivity index (χ4v) is 1.12. The number of rotatable bonds is 6. The van der Waals surface area contributed by atoms with Crippen molar-refractivity contribution in [1.82, 2.24) is 5.32 Å². The van der Waals surface area contributed by atoms with Crippen LogP contribution < -0.4 is 15.4 Å². The molecule has 1 aromatic rings. The molecular weight excluding hydrogens is 224 g/mol. The fraction of sp³-hybridized carbons (Fsp3) is 0.273. The van der Waals surface area contributed by atoms with Crippen LogP contribution in [0.3, 0.4) is 0 Å². The number of carboxylic acids is 1. The maximum atomic E-state index is 11.2. The van der Waals surface area contributed by atoms with Gasteiger partial charge in [0.1, 0.15) is 12.3 Å². The lowest BCUT2D eigenvalue weighted by atomic mass is 10.3. The number of aliphatic carboxylic acids is 1. The van der Waals surface area contributed by atoms with Crippen LogP contribution in [-0.2, 0) is 9.59 Å². The van der Waals surface area contributed by atoms with E-state index in [-0.39, 0.29) is 6.61 Å². The first-order valence-electron chi connectivity index (χ1n) is 5.01. The molecule has 1 rings (SSSR count). The maximum absolute atomic E-state index is 11.2. The molecule has 3 N–H and O–H groups in total. The number of anilines is 1. The van der Waals surface area contributed by atoms with Gasteiger partial charge in [0, 0.05) is 18.8 Å². The van der Waals surface area contributed by atoms with Crippen LogP contribution in [0.25, 0.3) is 0 Å². The number of nitrogens with one attached hydrogen (secondary N) is 2. The van der Waals surface area contributed by atoms with Crippen molar-refractivity contribution in [1.29, 1.82) is 0 Å². The minimum atomic E-state index is -1.09. The third-order valence-electron chi connectivity index (χ3n) is 1.93. The zero-order valence-corrected chi connectivity index (χ0v) is 9.40. The van der Waals surface area contributed by atoms with Gasteiger partial charge in [-0.1, -0.05) is 6.07 Å². The van der Waals surface area contributed by atoms with Crippen molar-refractivity contribution in [3.05, 3.63) is 24.3 Å². The van der Waals surface area contributed by atoms with E-state index in [1.807, 2.05) is 6.07 Å². The van der Waals surface area contributed by atoms with E-state index in [1.54, 1.807) is 25.2 Å². The molecule has 6 heteroatoms. The second-order valence-corrected chi connectivity index (χ2v) is 3.24. The van der Waals surface area contributed by atoms with Crippen LogP contribution in [0.1, 0.15) is 0 Å². The molecule has 0 saturated carbocycles. The van der Waals surface area contributed by atoms with Crippen LogP contribution in [-0.4, -0.2) is 37.2 Å². The highest BCUT2D eigenvalue weighted by atomic mass is 16.5. The average molecular weight is 238 g/mol. The number of ether oxygens (including phenoxy) is 1. The second kappa shape index (κ2) is 6.37. The van der Waals surface area contributed by atoms with Crippen molar-refractivity contribution in [2.24, 2.45) is 0 Å². The van der Waals surface area contributed by atoms with Gasteiger partial charge in [-0.3, -0.25) is 9.59 Å². The molecular formula is C11H14N2O4. The van der Waals surface area contributed by atoms with Gasteiger partial charge >= 0.3 is 5.97 Å². The molecule has 0 fully saturated rings. The standard InChI is InChI=1S/C11H14N2O4/c1-12-8-3-2-4-9(5-8)17-7-10(14)13-6-11(15)16/h2-5,12H,6-7H2,1H3,(H,13,14)(H,15,16). The van der Waals surface area contributed by atoms with Crippen LogP contribution in [0.15, 0.2) is 24.3 Å². The molecule has 0 aliphatic carbocycles. The summed E-state index contributed by atoms with van der Waals surface area (Å²) in [6, 6.07) is 7.10. The molecule has 0 aliphatic heterocycles. The smallest absolute Gasteiger partial charge is 0.322 e. The van der Waals surface area contributed by atoms with E-state index >= 15 is 0 Å². The topological polar surface area (TPSA) is 87.7 Å². The van der Waals surface area contributed by atoms with Crippen molar-refractivity contribution in [2.75, 3.05) is 25.5 Å². The monoisotopic (exact) mass is 238 g/mol. The Morgan fingerprint density at radius 1 is 1.41 bits per heavy atom. The molecule has 92 valence electrons. The quantitative estimate of drug-likeness (QED) is 0.663. The van der Waals surface area contributed by atoms with Gasteiger partial charge in [0.05, 0.1) is 0 Å². The van der Waals surface area contributed by atoms with Gasteiger partial charge in [-0.2, -0.15) is 0 Å². The van der Waals surface area contributed by atoms with Gasteiger partial charge in [0.2, 0.25) is 0 Å². The molecule has 0 bridgehead atoms. The van der Waals surface area contributed by atoms with Crippen molar-refractivity contribution < 1.29 is 19.4 Å². The SMILES string of the molecule is CNc1cccc(OCC(=O)NCC(=O)O)c1. The van der Waals surface area contributed by atoms with E-state index in [0.29, 0.717) is 5.75 Å². The molecule has 17 heavy (non-hydrogen) atoms. The van der Waals surface area contributed by atoms with Crippen molar-refractivity contribution in [2.45, 2.75) is 0 Å². The molecule has 1 amide bonds. The zero-order valence-electron chi connectivity index (χ0n) is 9.40. The molecule has 0 heterocycles. The molecule has 0 saturated heterocycles. The first kappa shape index (κ1) is 12.8. The Morgan fingerprint density at radius 2 is 2.18 bits per heavy atom. The molecule has 0 atom stereocenters. The van der Waals surface area contributed by atoms with E-state index in [2.05, 4.69) is 10.6 Å². The summed E-state index contributed by atoms with van der Waals surface area (Å²) in [6.07, 6.45) is 0. The number of hydrogen-bond acceptors (Lipinski definition) is 4. The predicted molar refractivity (Wildman–Crippen MR) is 62.1 cm³/mol. The minimum Gasteiger partial charge on any atom is -0.484 e. The van der Waals surface area contributed by atoms with Crippen LogP contribution in [0.2, 0.25) is 0 Å². The Bertz CT molecular complexity index is 406. The first-order valence-corrected chi connectivity index (χ1v) is 5.01. The Kier molecular flexibility index (Phi) is 4.80. The Morgan fingerprint density at radius 3 is 2.82 bits per heavy atom. The van der Waals surface area contributed by atoms with E-state index < -0.39 is 18.4 Å². The van der Waals surface area contributed by atoms with Crippen molar-refractivity contribution in [3.63, 3.8) is 0 Å². The largest absolute Gasteiger partial charge is 0.484 e. The molecule has 0 radical (unpaired) electrons. The summed E-state index contributed by atoms with van der Waals surface area (Å²) in [5, 5.41) is 13.5. The van der Waals surface area contributed by atoms with Gasteiger partial charge in [-0.15, -0.1) is 0 Å². The maximum Gasteiger partial charge on any atom is 0.322 e. The van der Waals surface area contributed by atoms with E-state index in [0.717, 1.165) is 5.69 Å². The van der Waals surface area contributed by atoms with Gasteiger partial charge in [-0.25, -0.2) is 0 Å². The normalized spacial score (nSPS) is 9.47. The Balaban J connectivity index is 2.39. The minimum absolute atomic E-state index is 0.208. The highest BCUT2D eigenvalue weighted by Gasteiger charge is 2.04. The Hall–Kier alpha value is -2.24. The first-order chi connectivity index (χ1) is 8.11. The summed E-state index contributed by atoms with van der Waals surface area (Å²) < 4.78 is 5.20. The summed E-state index contributed by atoms with van der Waals surface area (Å²) in [6.45, 7) is -0.612. The number of amides is 1. The van der Waals surface area contributed by atoms with Gasteiger partial charge in [-0.05, 0) is 12.1 Å². The highest BCUT2D eigenvalue weighted by molar-refractivity contribution is 5.82. The second-order valence-electron chi connectivity index (χ2n) is 3.24. The van der Waals surface area contributed by atoms with E-state index in [1.165, 1.54) is 0 Å². The number of hydrogen-bond donors (Lipinski definition) is 3. The van der Waals surface area contributed by atoms with Crippen LogP contribution in [0.5, 0.6) is 5.75 Å². The van der Waals surface area contributed by atoms with Crippen LogP contribution in [0.4, 0.5) is 5.69 Å². The lowest BCUT2D eigenvalue weighted by Gasteiger charge is -2.07. The predicted octanol–water partition coefficient (Wildman–Crippen LogP) is 0.308. The summed E-state index contributed by atoms with van der Waals surface area (Å²) in [4.78, 5) is 21.4. The molecule has 6 nitrogen and oxygen atoms in total. The number of carboxylic acid groups (broad SMARTS) is 1. The van der Waals surface area contributed by atoms with Gasteiger partial charge < -0.3 is 20.5 Å². The molecule has 0 unspecified atom stereocenters. The third kappa shape index (κ3) is 4.87. The van der Waals surface area contributed by atoms with Crippen molar-refractivity contribution >= 4 is 17.6 Å². The summed E-state index contributed by atoms with van der Waals surface area (Å²) >= 11 is 0. The summed E-state index contributed by atoms with van der Waals surface area (Å²) in [5.74, 6) is -1.01. The Labute approximate surface area is 98.6 Å². The lowest BCUT2D eigenvalue weighted by Crippen LogP contribution is -2.33. The van der Waals surface area contributed by atoms with Gasteiger partial charge in [0.25, 0.3) is 5.91 Å². The van der Waals surface area contributed by atoms with E-state index in [4.69, 9.17) is 9.84 Å². The van der Waals surface area contributed by atoms with Crippen molar-refractivity contribution in [3.8, 4) is 5.75 Å². The third-order valence-corrected chi connectivity index (χ3v) is 1.93. The average Bonchev–Trinajstić information content (AvgIpc) is 2.34. The van der Waals surface area contributed by atoms with Crippen LogP contribution in [0, 0.1) is 0 Å². The summed E-state index contributed by atoms with van der Waals surface area (Å²) in [7, 11) is 1.78. The van der Waals surface area contributed by atoms with Crippen LogP contribution >= 0.6 is 0 Å². The molecule has 0 aliphatic rings. The molecule has 0 aromatic heterocycles. The number of benzene rings is 1. The highest BCUT2D eigenvalue weighted by Crippen LogP contribution is 2.16. The fourth-order valence-electron chi connectivity index (χ4n) is 1.12. The lowest BCUT2D eigenvalue weighted by molar-refractivity contribution is -0.138. The molecule has 0 spiro atoms. The molecule has 1 aromatic carbocycles. The van der Waals surface area contributed by atoms with E-state index in [9.17, 15) is 9.59 Å². The zero-order chi connectivity index (χ0) is 12.7.